The maximum atomic E-state index is 14.7. The maximum Gasteiger partial charge on any atom is 0.321 e. The van der Waals surface area contributed by atoms with E-state index in [1.165, 1.54) is 23.1 Å². The number of rotatable bonds is 18. The van der Waals surface area contributed by atoms with Crippen LogP contribution in [-0.2, 0) is 15.6 Å². The summed E-state index contributed by atoms with van der Waals surface area (Å²) in [5.74, 6) is 2.78. The predicted molar refractivity (Wildman–Crippen MR) is 244 cm³/mol. The Morgan fingerprint density at radius 1 is 0.610 bits per heavy atom. The molecule has 4 aromatic carbocycles. The fourth-order valence-corrected chi connectivity index (χ4v) is 10.8. The molecule has 1 aliphatic rings. The summed E-state index contributed by atoms with van der Waals surface area (Å²) in [5, 5.41) is 9.91. The van der Waals surface area contributed by atoms with E-state index in [1.54, 1.807) is 12.1 Å². The summed E-state index contributed by atoms with van der Waals surface area (Å²) in [4.78, 5) is 14.7. The van der Waals surface area contributed by atoms with Crippen molar-refractivity contribution in [1.82, 2.24) is 0 Å². The average molecular weight is 803 g/mol. The summed E-state index contributed by atoms with van der Waals surface area (Å²) in [6, 6.07) is 33.1. The van der Waals surface area contributed by atoms with Crippen molar-refractivity contribution >= 4 is 5.97 Å². The van der Waals surface area contributed by atoms with Crippen molar-refractivity contribution in [3.63, 3.8) is 0 Å². The second-order valence-corrected chi connectivity index (χ2v) is 19.0. The molecule has 0 heterocycles. The van der Waals surface area contributed by atoms with E-state index in [1.807, 2.05) is 36.4 Å². The lowest BCUT2D eigenvalue weighted by atomic mass is 9.55. The number of ether oxygens (including phenoxy) is 3. The topological polar surface area (TPSA) is 65.0 Å². The normalized spacial score (nSPS) is 19.4. The van der Waals surface area contributed by atoms with Crippen LogP contribution in [0.5, 0.6) is 23.0 Å². The van der Waals surface area contributed by atoms with Crippen LogP contribution in [0.2, 0.25) is 0 Å². The van der Waals surface area contributed by atoms with E-state index in [2.05, 4.69) is 132 Å². The average Bonchev–Trinajstić information content (AvgIpc) is 3.23. The molecule has 4 aromatic rings. The quantitative estimate of drug-likeness (QED) is 0.0802. The van der Waals surface area contributed by atoms with Crippen LogP contribution in [0.25, 0.3) is 0 Å². The van der Waals surface area contributed by atoms with Crippen molar-refractivity contribution in [2.75, 3.05) is 0 Å². The number of benzene rings is 4. The summed E-state index contributed by atoms with van der Waals surface area (Å²) in [5.41, 5.74) is 2.78. The number of phenols is 1. The van der Waals surface area contributed by atoms with Crippen molar-refractivity contribution in [2.24, 2.45) is 16.7 Å². The summed E-state index contributed by atoms with van der Waals surface area (Å²) in [7, 11) is 0. The van der Waals surface area contributed by atoms with Gasteiger partial charge in [-0.3, -0.25) is 4.79 Å². The third-order valence-electron chi connectivity index (χ3n) is 14.9. The molecule has 0 saturated heterocycles. The fraction of sp³-hybridized carbons (Fsp3) is 0.537. The molecule has 5 nitrogen and oxygen atoms in total. The van der Waals surface area contributed by atoms with Gasteiger partial charge in [-0.05, 0) is 153 Å². The summed E-state index contributed by atoms with van der Waals surface area (Å²) in [6.07, 6.45) is 8.54. The monoisotopic (exact) mass is 803 g/mol. The number of esters is 1. The lowest BCUT2D eigenvalue weighted by Gasteiger charge is -2.49. The number of carbonyl (C=O) groups excluding carboxylic acids is 1. The van der Waals surface area contributed by atoms with Gasteiger partial charge in [0.2, 0.25) is 0 Å². The van der Waals surface area contributed by atoms with Gasteiger partial charge in [0.15, 0.2) is 0 Å². The fourth-order valence-electron chi connectivity index (χ4n) is 10.8. The highest BCUT2D eigenvalue weighted by Gasteiger charge is 2.56. The highest BCUT2D eigenvalue weighted by atomic mass is 16.5. The molecule has 320 valence electrons. The van der Waals surface area contributed by atoms with Gasteiger partial charge in [0.1, 0.15) is 39.6 Å². The van der Waals surface area contributed by atoms with Crippen LogP contribution in [0.15, 0.2) is 97.1 Å². The van der Waals surface area contributed by atoms with Crippen LogP contribution in [-0.4, -0.2) is 22.3 Å². The van der Waals surface area contributed by atoms with Gasteiger partial charge >= 0.3 is 5.97 Å². The minimum absolute atomic E-state index is 0.162. The van der Waals surface area contributed by atoms with Crippen LogP contribution in [0.1, 0.15) is 170 Å². The molecular formula is C54H74O5. The molecule has 1 saturated carbocycles. The zero-order valence-corrected chi connectivity index (χ0v) is 38.5. The van der Waals surface area contributed by atoms with E-state index >= 15 is 0 Å². The Hall–Kier alpha value is -4.25. The van der Waals surface area contributed by atoms with E-state index in [4.69, 9.17) is 14.2 Å². The maximum absolute atomic E-state index is 14.7. The second kappa shape index (κ2) is 18.2. The Balaban J connectivity index is 1.42. The Morgan fingerprint density at radius 2 is 1.07 bits per heavy atom. The zero-order valence-electron chi connectivity index (χ0n) is 38.5. The first-order valence-electron chi connectivity index (χ1n) is 22.7. The summed E-state index contributed by atoms with van der Waals surface area (Å²) < 4.78 is 19.9. The Morgan fingerprint density at radius 3 is 1.51 bits per heavy atom. The largest absolute Gasteiger partial charge is 0.508 e. The number of carbonyl (C=O) groups is 1. The number of hydrogen-bond donors (Lipinski definition) is 1. The number of phenolic OH excluding ortho intramolecular Hbond substituents is 1. The van der Waals surface area contributed by atoms with E-state index < -0.39 is 11.0 Å². The first-order chi connectivity index (χ1) is 28.0. The smallest absolute Gasteiger partial charge is 0.321 e. The Bertz CT molecular complexity index is 1950. The first kappa shape index (κ1) is 45.8. The van der Waals surface area contributed by atoms with E-state index in [0.717, 1.165) is 49.2 Å². The van der Waals surface area contributed by atoms with Crippen molar-refractivity contribution in [3.05, 3.63) is 119 Å². The SMILES string of the molecule is CCC(C)(CC)Oc1ccc(C2(c3ccc(OC(=O)C(CC)(CC)C(CC)(CC)Oc4ccc(C(C)(CC)c5ccc(O)cc5)cc4)cc3)CC(C)CC(C)(C)C2)cc1. The minimum Gasteiger partial charge on any atom is -0.508 e. The van der Waals surface area contributed by atoms with Crippen molar-refractivity contribution in [3.8, 4) is 23.0 Å². The number of aromatic hydroxyl groups is 1. The molecule has 3 atom stereocenters. The lowest BCUT2D eigenvalue weighted by Crippen LogP contribution is -2.57. The minimum atomic E-state index is -0.878. The van der Waals surface area contributed by atoms with Gasteiger partial charge in [-0.15, -0.1) is 0 Å². The second-order valence-electron chi connectivity index (χ2n) is 19.0. The summed E-state index contributed by atoms with van der Waals surface area (Å²) >= 11 is 0. The molecule has 0 bridgehead atoms. The molecule has 0 spiro atoms. The highest BCUT2D eigenvalue weighted by Crippen LogP contribution is 2.54. The molecule has 1 aliphatic carbocycles. The van der Waals surface area contributed by atoms with Crippen LogP contribution < -0.4 is 14.2 Å². The van der Waals surface area contributed by atoms with Gasteiger partial charge in [-0.1, -0.05) is 125 Å². The van der Waals surface area contributed by atoms with E-state index in [-0.39, 0.29) is 33.6 Å². The predicted octanol–water partition coefficient (Wildman–Crippen LogP) is 14.5. The standard InChI is InChI=1S/C54H74O5/c1-13-50(11,14-2)58-46-34-26-43(27-35-46)52(37-39(8)36-49(9,10)38-52)42-24-30-45(31-25-42)57-48(56)53(16-4,17-5)54(18-6,19-7)59-47-32-22-41(23-33-47)51(12,15-3)40-20-28-44(55)29-21-40/h20-35,39,55H,13-19,36-38H2,1-12H3. The van der Waals surface area contributed by atoms with E-state index in [9.17, 15) is 9.90 Å². The molecule has 0 amide bonds. The first-order valence-corrected chi connectivity index (χ1v) is 22.7. The van der Waals surface area contributed by atoms with Crippen molar-refractivity contribution in [1.29, 1.82) is 0 Å². The molecule has 5 heteroatoms. The van der Waals surface area contributed by atoms with Gasteiger partial charge in [-0.25, -0.2) is 0 Å². The van der Waals surface area contributed by atoms with Crippen LogP contribution in [0, 0.1) is 16.7 Å². The van der Waals surface area contributed by atoms with Gasteiger partial charge < -0.3 is 19.3 Å². The molecule has 0 aliphatic heterocycles. The van der Waals surface area contributed by atoms with Crippen molar-refractivity contribution in [2.45, 2.75) is 169 Å². The summed E-state index contributed by atoms with van der Waals surface area (Å²) in [6.45, 7) is 26.6. The molecule has 1 fully saturated rings. The molecule has 1 N–H and O–H groups in total. The lowest BCUT2D eigenvalue weighted by molar-refractivity contribution is -0.165. The van der Waals surface area contributed by atoms with Gasteiger partial charge in [0.25, 0.3) is 0 Å². The van der Waals surface area contributed by atoms with Crippen LogP contribution in [0.4, 0.5) is 0 Å². The van der Waals surface area contributed by atoms with Gasteiger partial charge in [0, 0.05) is 10.8 Å². The number of hydrogen-bond acceptors (Lipinski definition) is 5. The molecule has 5 rings (SSSR count). The third-order valence-corrected chi connectivity index (χ3v) is 14.9. The Labute approximate surface area is 357 Å². The molecular weight excluding hydrogens is 729 g/mol. The molecule has 59 heavy (non-hydrogen) atoms. The molecule has 0 radical (unpaired) electrons. The third kappa shape index (κ3) is 9.10. The Kier molecular flexibility index (Phi) is 14.1. The van der Waals surface area contributed by atoms with Gasteiger partial charge in [-0.2, -0.15) is 0 Å². The van der Waals surface area contributed by atoms with Crippen molar-refractivity contribution < 1.29 is 24.1 Å². The highest BCUT2D eigenvalue weighted by molar-refractivity contribution is 5.81. The zero-order chi connectivity index (χ0) is 43.3. The van der Waals surface area contributed by atoms with E-state index in [0.29, 0.717) is 37.4 Å². The van der Waals surface area contributed by atoms with Gasteiger partial charge in [0.05, 0.1) is 0 Å². The van der Waals surface area contributed by atoms with Crippen LogP contribution in [0.3, 0.4) is 0 Å². The molecule has 3 unspecified atom stereocenters. The van der Waals surface area contributed by atoms with Crippen LogP contribution >= 0.6 is 0 Å². The molecule has 0 aromatic heterocycles.